The standard InChI is InChI=1S/C10H8N2O6S/c13-10(14)9-11-5-1-2-6-7(18-4-3-17-6)8(5)19(15,16)12-9/h1-2H,3-4H2,(H,11,12)(H,13,14). The van der Waals surface area contributed by atoms with Crippen LogP contribution in [0.4, 0.5) is 5.69 Å². The Bertz CT molecular complexity index is 709. The highest BCUT2D eigenvalue weighted by atomic mass is 32.2. The molecule has 2 heterocycles. The normalized spacial score (nSPS) is 18.8. The number of amidine groups is 1. The second-order valence-corrected chi connectivity index (χ2v) is 5.43. The topological polar surface area (TPSA) is 114 Å². The lowest BCUT2D eigenvalue weighted by molar-refractivity contribution is -0.129. The van der Waals surface area contributed by atoms with E-state index in [4.69, 9.17) is 14.6 Å². The van der Waals surface area contributed by atoms with Gasteiger partial charge in [0.2, 0.25) is 5.84 Å². The molecular weight excluding hydrogens is 276 g/mol. The van der Waals surface area contributed by atoms with Crippen molar-refractivity contribution in [1.82, 2.24) is 4.72 Å². The van der Waals surface area contributed by atoms with Crippen LogP contribution in [0.5, 0.6) is 11.5 Å². The fourth-order valence-electron chi connectivity index (χ4n) is 1.84. The molecule has 0 saturated heterocycles. The van der Waals surface area contributed by atoms with Gasteiger partial charge in [0.25, 0.3) is 10.0 Å². The van der Waals surface area contributed by atoms with E-state index in [1.807, 2.05) is 4.72 Å². The lowest BCUT2D eigenvalue weighted by Crippen LogP contribution is -2.38. The van der Waals surface area contributed by atoms with Gasteiger partial charge in [-0.1, -0.05) is 0 Å². The molecule has 3 rings (SSSR count). The number of carboxylic acids is 1. The van der Waals surface area contributed by atoms with Gasteiger partial charge in [-0.3, -0.25) is 4.72 Å². The Morgan fingerprint density at radius 2 is 2.05 bits per heavy atom. The summed E-state index contributed by atoms with van der Waals surface area (Å²) in [6, 6.07) is 2.88. The van der Waals surface area contributed by atoms with Crippen LogP contribution in [0.25, 0.3) is 0 Å². The first kappa shape index (κ1) is 11.8. The summed E-state index contributed by atoms with van der Waals surface area (Å²) < 4.78 is 36.6. The van der Waals surface area contributed by atoms with E-state index in [0.717, 1.165) is 0 Å². The Balaban J connectivity index is 2.28. The number of ether oxygens (including phenoxy) is 2. The maximum atomic E-state index is 12.1. The number of nitrogens with zero attached hydrogens (tertiary/aromatic N) is 1. The summed E-state index contributed by atoms with van der Waals surface area (Å²) in [6.45, 7) is 0.539. The molecule has 100 valence electrons. The van der Waals surface area contributed by atoms with Gasteiger partial charge in [0.15, 0.2) is 16.4 Å². The minimum atomic E-state index is -4.04. The summed E-state index contributed by atoms with van der Waals surface area (Å²) in [4.78, 5) is 14.4. The van der Waals surface area contributed by atoms with Crippen molar-refractivity contribution in [2.45, 2.75) is 4.90 Å². The molecule has 2 N–H and O–H groups in total. The number of nitrogens with one attached hydrogen (secondary N) is 1. The molecule has 9 heteroatoms. The minimum Gasteiger partial charge on any atom is -0.486 e. The molecular formula is C10H8N2O6S. The molecule has 1 aromatic rings. The van der Waals surface area contributed by atoms with Crippen LogP contribution in [0.3, 0.4) is 0 Å². The number of hydrogen-bond donors (Lipinski definition) is 2. The van der Waals surface area contributed by atoms with Crippen molar-refractivity contribution in [3.05, 3.63) is 12.1 Å². The van der Waals surface area contributed by atoms with Gasteiger partial charge >= 0.3 is 5.97 Å². The molecule has 0 unspecified atom stereocenters. The largest absolute Gasteiger partial charge is 0.486 e. The van der Waals surface area contributed by atoms with E-state index in [2.05, 4.69) is 4.99 Å². The molecule has 0 atom stereocenters. The number of aliphatic imine (C=N–C) groups is 1. The van der Waals surface area contributed by atoms with Crippen LogP contribution in [-0.2, 0) is 14.8 Å². The molecule has 2 aliphatic heterocycles. The van der Waals surface area contributed by atoms with E-state index >= 15 is 0 Å². The summed E-state index contributed by atoms with van der Waals surface area (Å²) in [7, 11) is -4.04. The Labute approximate surface area is 107 Å². The molecule has 0 radical (unpaired) electrons. The fourth-order valence-corrected chi connectivity index (χ4v) is 3.12. The van der Waals surface area contributed by atoms with Crippen LogP contribution in [0.2, 0.25) is 0 Å². The number of hydrogen-bond acceptors (Lipinski definition) is 6. The Kier molecular flexibility index (Phi) is 2.39. The van der Waals surface area contributed by atoms with Gasteiger partial charge in [-0.2, -0.15) is 0 Å². The van der Waals surface area contributed by atoms with Crippen molar-refractivity contribution in [1.29, 1.82) is 0 Å². The maximum Gasteiger partial charge on any atom is 0.372 e. The minimum absolute atomic E-state index is 0.0143. The highest BCUT2D eigenvalue weighted by Gasteiger charge is 2.34. The van der Waals surface area contributed by atoms with Crippen molar-refractivity contribution in [2.24, 2.45) is 4.99 Å². The second-order valence-electron chi connectivity index (χ2n) is 3.81. The third-order valence-corrected chi connectivity index (χ3v) is 3.97. The van der Waals surface area contributed by atoms with E-state index in [9.17, 15) is 13.2 Å². The molecule has 8 nitrogen and oxygen atoms in total. The van der Waals surface area contributed by atoms with Crippen LogP contribution in [0.1, 0.15) is 0 Å². The second kappa shape index (κ2) is 3.85. The molecule has 0 amide bonds. The van der Waals surface area contributed by atoms with E-state index < -0.39 is 21.8 Å². The first-order valence-electron chi connectivity index (χ1n) is 5.26. The lowest BCUT2D eigenvalue weighted by atomic mass is 10.2. The van der Waals surface area contributed by atoms with Gasteiger partial charge in [0.1, 0.15) is 13.2 Å². The summed E-state index contributed by atoms with van der Waals surface area (Å²) in [6.07, 6.45) is 0. The molecule has 0 aromatic heterocycles. The highest BCUT2D eigenvalue weighted by Crippen LogP contribution is 2.43. The number of sulfonamides is 1. The van der Waals surface area contributed by atoms with Crippen molar-refractivity contribution in [3.8, 4) is 11.5 Å². The number of aliphatic carboxylic acids is 1. The molecule has 0 aliphatic carbocycles. The van der Waals surface area contributed by atoms with Gasteiger partial charge in [-0.15, -0.1) is 0 Å². The molecule has 2 aliphatic rings. The summed E-state index contributed by atoms with van der Waals surface area (Å²) in [5.74, 6) is -1.75. The van der Waals surface area contributed by atoms with E-state index in [0.29, 0.717) is 12.4 Å². The van der Waals surface area contributed by atoms with Crippen LogP contribution in [0, 0.1) is 0 Å². The molecule has 0 fully saturated rings. The predicted octanol–water partition coefficient (Wildman–Crippen LogP) is -0.136. The summed E-state index contributed by atoms with van der Waals surface area (Å²) >= 11 is 0. The van der Waals surface area contributed by atoms with E-state index in [1.165, 1.54) is 12.1 Å². The first-order valence-corrected chi connectivity index (χ1v) is 6.75. The predicted molar refractivity (Wildman–Crippen MR) is 62.5 cm³/mol. The average molecular weight is 284 g/mol. The number of rotatable bonds is 1. The maximum absolute atomic E-state index is 12.1. The van der Waals surface area contributed by atoms with Crippen LogP contribution in [-0.4, -0.2) is 38.5 Å². The highest BCUT2D eigenvalue weighted by molar-refractivity contribution is 7.90. The third kappa shape index (κ3) is 1.78. The lowest BCUT2D eigenvalue weighted by Gasteiger charge is -2.24. The molecule has 0 bridgehead atoms. The van der Waals surface area contributed by atoms with E-state index in [-0.39, 0.29) is 22.9 Å². The summed E-state index contributed by atoms with van der Waals surface area (Å²) in [5, 5.41) is 8.82. The smallest absolute Gasteiger partial charge is 0.372 e. The van der Waals surface area contributed by atoms with Crippen LogP contribution >= 0.6 is 0 Å². The van der Waals surface area contributed by atoms with Gasteiger partial charge in [0, 0.05) is 0 Å². The Hall–Kier alpha value is -2.29. The van der Waals surface area contributed by atoms with E-state index in [1.54, 1.807) is 0 Å². The third-order valence-electron chi connectivity index (χ3n) is 2.58. The summed E-state index contributed by atoms with van der Waals surface area (Å²) in [5.41, 5.74) is 0.0143. The molecule has 0 saturated carbocycles. The van der Waals surface area contributed by atoms with Crippen LogP contribution < -0.4 is 14.2 Å². The molecule has 1 aromatic carbocycles. The number of benzene rings is 1. The quantitative estimate of drug-likeness (QED) is 0.742. The SMILES string of the molecule is O=C(O)C1=Nc2ccc3c(c2S(=O)(=O)N1)OCCO3. The zero-order chi connectivity index (χ0) is 13.6. The Morgan fingerprint density at radius 3 is 2.79 bits per heavy atom. The van der Waals surface area contributed by atoms with Crippen LogP contribution in [0.15, 0.2) is 22.0 Å². The monoisotopic (exact) mass is 284 g/mol. The van der Waals surface area contributed by atoms with Crippen molar-refractivity contribution in [2.75, 3.05) is 13.2 Å². The first-order chi connectivity index (χ1) is 8.99. The number of fused-ring (bicyclic) bond motifs is 3. The zero-order valence-corrected chi connectivity index (χ0v) is 10.2. The average Bonchev–Trinajstić information content (AvgIpc) is 2.36. The van der Waals surface area contributed by atoms with Gasteiger partial charge in [0.05, 0.1) is 5.69 Å². The molecule has 19 heavy (non-hydrogen) atoms. The van der Waals surface area contributed by atoms with Gasteiger partial charge in [-0.25, -0.2) is 18.2 Å². The Morgan fingerprint density at radius 1 is 1.32 bits per heavy atom. The number of carbonyl (C=O) groups is 1. The van der Waals surface area contributed by atoms with Crippen molar-refractivity contribution in [3.63, 3.8) is 0 Å². The zero-order valence-electron chi connectivity index (χ0n) is 9.41. The molecule has 0 spiro atoms. The van der Waals surface area contributed by atoms with Gasteiger partial charge < -0.3 is 14.6 Å². The van der Waals surface area contributed by atoms with Crippen molar-refractivity contribution < 1.29 is 27.8 Å². The number of carboxylic acid groups (broad SMARTS) is 1. The van der Waals surface area contributed by atoms with Crippen molar-refractivity contribution >= 4 is 27.5 Å². The van der Waals surface area contributed by atoms with Gasteiger partial charge in [-0.05, 0) is 12.1 Å². The fraction of sp³-hybridized carbons (Fsp3) is 0.200.